The zero-order valence-electron chi connectivity index (χ0n) is 17.9. The molecule has 0 aliphatic carbocycles. The number of hydrogen-bond donors (Lipinski definition) is 2. The van der Waals surface area contributed by atoms with Crippen LogP contribution >= 0.6 is 24.0 Å². The Hall–Kier alpha value is -1.06. The van der Waals surface area contributed by atoms with E-state index in [9.17, 15) is 0 Å². The lowest BCUT2D eigenvalue weighted by Gasteiger charge is -2.35. The summed E-state index contributed by atoms with van der Waals surface area (Å²) < 4.78 is 5.32. The van der Waals surface area contributed by atoms with Crippen molar-refractivity contribution in [2.24, 2.45) is 4.99 Å². The average molecular weight is 503 g/mol. The van der Waals surface area contributed by atoms with Gasteiger partial charge in [-0.3, -0.25) is 9.89 Å². The number of piperidine rings is 1. The summed E-state index contributed by atoms with van der Waals surface area (Å²) in [7, 11) is 7.76. The molecule has 0 radical (unpaired) electrons. The third-order valence-electron chi connectivity index (χ3n) is 5.09. The summed E-state index contributed by atoms with van der Waals surface area (Å²) in [6, 6.07) is 8.83. The molecule has 1 aromatic carbocycles. The van der Waals surface area contributed by atoms with Crippen molar-refractivity contribution in [2.75, 3.05) is 61.0 Å². The second-order valence-corrected chi connectivity index (χ2v) is 7.42. The van der Waals surface area contributed by atoms with E-state index < -0.39 is 0 Å². The maximum absolute atomic E-state index is 5.32. The zero-order valence-corrected chi connectivity index (χ0v) is 20.2. The maximum Gasteiger partial charge on any atom is 0.191 e. The molecule has 1 aromatic rings. The van der Waals surface area contributed by atoms with Crippen LogP contribution in [0.25, 0.3) is 0 Å². The number of aliphatic imine (C=N–C) groups is 1. The largest absolute Gasteiger partial charge is 0.497 e. The Bertz CT molecular complexity index is 558. The molecule has 0 bridgehead atoms. The van der Waals surface area contributed by atoms with Crippen LogP contribution in [0.5, 0.6) is 5.75 Å². The number of nitrogens with zero attached hydrogens (tertiary/aromatic N) is 3. The van der Waals surface area contributed by atoms with Crippen LogP contribution in [0.2, 0.25) is 0 Å². The Morgan fingerprint density at radius 3 is 2.39 bits per heavy atom. The number of halogens is 1. The lowest BCUT2D eigenvalue weighted by atomic mass is 10.0. The van der Waals surface area contributed by atoms with Crippen LogP contribution in [-0.4, -0.2) is 76.7 Å². The number of ether oxygens (including phenoxy) is 1. The number of benzene rings is 1. The Morgan fingerprint density at radius 2 is 1.82 bits per heavy atom. The van der Waals surface area contributed by atoms with Crippen molar-refractivity contribution in [1.29, 1.82) is 0 Å². The Balaban J connectivity index is 0.00000392. The number of guanidine groups is 1. The van der Waals surface area contributed by atoms with Gasteiger partial charge >= 0.3 is 0 Å². The van der Waals surface area contributed by atoms with Gasteiger partial charge in [0.15, 0.2) is 5.96 Å². The topological polar surface area (TPSA) is 52.1 Å². The van der Waals surface area contributed by atoms with Crippen molar-refractivity contribution in [1.82, 2.24) is 20.4 Å². The fourth-order valence-electron chi connectivity index (χ4n) is 3.53. The minimum absolute atomic E-state index is 0. The third-order valence-corrected chi connectivity index (χ3v) is 5.09. The van der Waals surface area contributed by atoms with Crippen molar-refractivity contribution in [2.45, 2.75) is 31.7 Å². The molecule has 6 nitrogen and oxygen atoms in total. The van der Waals surface area contributed by atoms with Crippen molar-refractivity contribution in [3.63, 3.8) is 0 Å². The van der Waals surface area contributed by atoms with Gasteiger partial charge in [0, 0.05) is 20.1 Å². The first-order valence-corrected chi connectivity index (χ1v) is 10.1. The van der Waals surface area contributed by atoms with E-state index in [1.54, 1.807) is 7.11 Å². The molecule has 1 aliphatic heterocycles. The predicted molar refractivity (Wildman–Crippen MR) is 129 cm³/mol. The van der Waals surface area contributed by atoms with Gasteiger partial charge in [-0.1, -0.05) is 18.6 Å². The van der Waals surface area contributed by atoms with Crippen molar-refractivity contribution < 1.29 is 4.74 Å². The van der Waals surface area contributed by atoms with E-state index >= 15 is 0 Å². The van der Waals surface area contributed by atoms with E-state index in [-0.39, 0.29) is 24.0 Å². The Labute approximate surface area is 188 Å². The first kappa shape index (κ1) is 25.0. The normalized spacial score (nSPS) is 16.4. The molecule has 0 amide bonds. The molecular weight excluding hydrogens is 465 g/mol. The smallest absolute Gasteiger partial charge is 0.191 e. The van der Waals surface area contributed by atoms with Crippen LogP contribution < -0.4 is 15.4 Å². The molecule has 1 saturated heterocycles. The Kier molecular flexibility index (Phi) is 12.5. The molecule has 0 aromatic heterocycles. The van der Waals surface area contributed by atoms with Gasteiger partial charge in [0.1, 0.15) is 5.75 Å². The first-order chi connectivity index (χ1) is 13.1. The lowest BCUT2D eigenvalue weighted by Crippen LogP contribution is -2.44. The molecule has 1 fully saturated rings. The highest BCUT2D eigenvalue weighted by Crippen LogP contribution is 2.25. The van der Waals surface area contributed by atoms with Gasteiger partial charge in [0.2, 0.25) is 0 Å². The fourth-order valence-corrected chi connectivity index (χ4v) is 3.53. The van der Waals surface area contributed by atoms with E-state index in [0.717, 1.165) is 50.9 Å². The molecule has 1 heterocycles. The highest BCUT2D eigenvalue weighted by atomic mass is 127. The molecule has 28 heavy (non-hydrogen) atoms. The van der Waals surface area contributed by atoms with Gasteiger partial charge in [-0.2, -0.15) is 0 Å². The van der Waals surface area contributed by atoms with Crippen LogP contribution in [0.15, 0.2) is 29.3 Å². The number of likely N-dealkylation sites (tertiary alicyclic amines) is 1. The standard InChI is InChI=1S/C21H37N5O.HI/c1-22-21(23-13-8-14-25(2)3)24-17-20(26-15-6-5-7-16-26)18-9-11-19(27-4)12-10-18;/h9-12,20H,5-8,13-17H2,1-4H3,(H2,22,23,24);1H. The van der Waals surface area contributed by atoms with E-state index in [2.05, 4.69) is 63.8 Å². The molecule has 1 atom stereocenters. The summed E-state index contributed by atoms with van der Waals surface area (Å²) in [5.41, 5.74) is 1.33. The van der Waals surface area contributed by atoms with E-state index in [1.807, 2.05) is 7.05 Å². The lowest BCUT2D eigenvalue weighted by molar-refractivity contribution is 0.164. The summed E-state index contributed by atoms with van der Waals surface area (Å²) in [5, 5.41) is 6.96. The molecular formula is C21H38IN5O. The summed E-state index contributed by atoms with van der Waals surface area (Å²) >= 11 is 0. The SMILES string of the molecule is CN=C(NCCCN(C)C)NCC(c1ccc(OC)cc1)N1CCCCC1.I. The fraction of sp³-hybridized carbons (Fsp3) is 0.667. The van der Waals surface area contributed by atoms with Crippen LogP contribution in [0, 0.1) is 0 Å². The maximum atomic E-state index is 5.32. The number of methoxy groups -OCH3 is 1. The van der Waals surface area contributed by atoms with Crippen LogP contribution in [0.4, 0.5) is 0 Å². The molecule has 2 N–H and O–H groups in total. The molecule has 7 heteroatoms. The van der Waals surface area contributed by atoms with Crippen LogP contribution in [-0.2, 0) is 0 Å². The van der Waals surface area contributed by atoms with Crippen LogP contribution in [0.1, 0.15) is 37.3 Å². The minimum Gasteiger partial charge on any atom is -0.497 e. The Morgan fingerprint density at radius 1 is 1.14 bits per heavy atom. The van der Waals surface area contributed by atoms with Crippen molar-refractivity contribution in [3.05, 3.63) is 29.8 Å². The van der Waals surface area contributed by atoms with Gasteiger partial charge < -0.3 is 20.3 Å². The second-order valence-electron chi connectivity index (χ2n) is 7.42. The van der Waals surface area contributed by atoms with Gasteiger partial charge in [0.25, 0.3) is 0 Å². The average Bonchev–Trinajstić information content (AvgIpc) is 2.70. The highest BCUT2D eigenvalue weighted by molar-refractivity contribution is 14.0. The molecule has 0 spiro atoms. The molecule has 1 unspecified atom stereocenters. The summed E-state index contributed by atoms with van der Waals surface area (Å²) in [5.74, 6) is 1.78. The molecule has 0 saturated carbocycles. The summed E-state index contributed by atoms with van der Waals surface area (Å²) in [6.45, 7) is 5.17. The van der Waals surface area contributed by atoms with Crippen LogP contribution in [0.3, 0.4) is 0 Å². The van der Waals surface area contributed by atoms with Gasteiger partial charge in [-0.15, -0.1) is 24.0 Å². The number of rotatable bonds is 9. The quantitative estimate of drug-likeness (QED) is 0.235. The minimum atomic E-state index is 0. The zero-order chi connectivity index (χ0) is 19.5. The van der Waals surface area contributed by atoms with Gasteiger partial charge in [-0.05, 0) is 70.7 Å². The monoisotopic (exact) mass is 503 g/mol. The molecule has 160 valence electrons. The third kappa shape index (κ3) is 8.53. The first-order valence-electron chi connectivity index (χ1n) is 10.1. The van der Waals surface area contributed by atoms with Crippen molar-refractivity contribution in [3.8, 4) is 5.75 Å². The predicted octanol–water partition coefficient (Wildman–Crippen LogP) is 2.96. The highest BCUT2D eigenvalue weighted by Gasteiger charge is 2.22. The second kappa shape index (κ2) is 14.0. The summed E-state index contributed by atoms with van der Waals surface area (Å²) in [4.78, 5) is 9.18. The van der Waals surface area contributed by atoms with E-state index in [4.69, 9.17) is 4.74 Å². The van der Waals surface area contributed by atoms with Crippen molar-refractivity contribution >= 4 is 29.9 Å². The molecule has 1 aliphatic rings. The number of hydrogen-bond acceptors (Lipinski definition) is 4. The van der Waals surface area contributed by atoms with E-state index in [0.29, 0.717) is 6.04 Å². The molecule has 2 rings (SSSR count). The van der Waals surface area contributed by atoms with Gasteiger partial charge in [-0.25, -0.2) is 0 Å². The van der Waals surface area contributed by atoms with Gasteiger partial charge in [0.05, 0.1) is 13.2 Å². The summed E-state index contributed by atoms with van der Waals surface area (Å²) in [6.07, 6.45) is 5.00. The van der Waals surface area contributed by atoms with E-state index in [1.165, 1.54) is 24.8 Å². The number of nitrogens with one attached hydrogen (secondary N) is 2.